The Morgan fingerprint density at radius 3 is 1.61 bits per heavy atom. The molecule has 0 saturated heterocycles. The third kappa shape index (κ3) is 3.74. The molecule has 236 valence electrons. The second-order valence-corrected chi connectivity index (χ2v) is 15.6. The quantitative estimate of drug-likeness (QED) is 0.165. The molecule has 3 heteroatoms. The van der Waals surface area contributed by atoms with E-state index in [9.17, 15) is 0 Å². The van der Waals surface area contributed by atoms with Crippen LogP contribution in [0.4, 0.5) is 0 Å². The van der Waals surface area contributed by atoms with Crippen LogP contribution in [0.3, 0.4) is 0 Å². The van der Waals surface area contributed by atoms with Gasteiger partial charge in [0.05, 0.1) is 0 Å². The topological polar surface area (TPSA) is 13.1 Å². The molecule has 0 aliphatic heterocycles. The highest BCUT2D eigenvalue weighted by molar-refractivity contribution is 7.27. The van der Waals surface area contributed by atoms with Crippen LogP contribution < -0.4 is 0 Å². The summed E-state index contributed by atoms with van der Waals surface area (Å²) in [6, 6.07) is 58.0. The minimum absolute atomic E-state index is 0.918. The molecule has 3 aromatic heterocycles. The Labute approximate surface area is 300 Å². The van der Waals surface area contributed by atoms with Gasteiger partial charge in [0.1, 0.15) is 11.2 Å². The van der Waals surface area contributed by atoms with Crippen LogP contribution in [0.1, 0.15) is 0 Å². The molecule has 0 saturated carbocycles. The van der Waals surface area contributed by atoms with Gasteiger partial charge in [0, 0.05) is 73.2 Å². The first-order valence-corrected chi connectivity index (χ1v) is 19.0. The Morgan fingerprint density at radius 1 is 0.353 bits per heavy atom. The van der Waals surface area contributed by atoms with Crippen molar-refractivity contribution in [1.29, 1.82) is 0 Å². The molecule has 0 radical (unpaired) electrons. The maximum Gasteiger partial charge on any atom is 0.143 e. The Kier molecular flexibility index (Phi) is 5.59. The third-order valence-corrected chi connectivity index (χ3v) is 13.2. The maximum atomic E-state index is 6.65. The van der Waals surface area contributed by atoms with Gasteiger partial charge < -0.3 is 4.42 Å². The van der Waals surface area contributed by atoms with E-state index in [0.717, 1.165) is 27.5 Å². The summed E-state index contributed by atoms with van der Waals surface area (Å²) in [5.41, 5.74) is 6.77. The largest absolute Gasteiger partial charge is 0.455 e. The first-order chi connectivity index (χ1) is 25.3. The zero-order valence-corrected chi connectivity index (χ0v) is 28.9. The van der Waals surface area contributed by atoms with Crippen LogP contribution in [0.5, 0.6) is 0 Å². The predicted octanol–water partition coefficient (Wildman–Crippen LogP) is 15.1. The second-order valence-electron chi connectivity index (χ2n) is 13.5. The number of para-hydroxylation sites is 2. The SMILES string of the molecule is c1ccc2c(c1)oc1c(-c3c4ccccc4c(-c4cc5ccc6sc7ccccc7c6c5c5c4sc4ccccc45)c4ccccc34)cccc12. The van der Waals surface area contributed by atoms with E-state index >= 15 is 0 Å². The van der Waals surface area contributed by atoms with Crippen molar-refractivity contribution >= 4 is 117 Å². The van der Waals surface area contributed by atoms with E-state index < -0.39 is 0 Å². The third-order valence-electron chi connectivity index (χ3n) is 10.8. The van der Waals surface area contributed by atoms with Gasteiger partial charge in [-0.15, -0.1) is 22.7 Å². The Hall–Kier alpha value is -6.00. The standard InChI is InChI=1S/C48H26OS2/c1-3-15-31-29(13-1)43(36-20-11-19-33-28-12-5-8-21-38(28)49-47(33)36)30-14-2-4-16-32(30)44(31)37-26-27-24-25-41-45(34-17-6-9-22-39(34)50-41)42(27)46-35-18-7-10-23-40(35)51-48(37)46/h1-26H. The summed E-state index contributed by atoms with van der Waals surface area (Å²) in [6.45, 7) is 0. The fourth-order valence-corrected chi connectivity index (χ4v) is 11.1. The van der Waals surface area contributed by atoms with Crippen LogP contribution in [-0.2, 0) is 0 Å². The number of hydrogen-bond donors (Lipinski definition) is 0. The molecule has 0 atom stereocenters. The number of benzene rings is 9. The van der Waals surface area contributed by atoms with Crippen LogP contribution in [0.15, 0.2) is 162 Å². The van der Waals surface area contributed by atoms with Gasteiger partial charge in [-0.25, -0.2) is 0 Å². The average molecular weight is 683 g/mol. The lowest BCUT2D eigenvalue weighted by molar-refractivity contribution is 0.670. The van der Waals surface area contributed by atoms with Gasteiger partial charge in [0.25, 0.3) is 0 Å². The lowest BCUT2D eigenvalue weighted by atomic mass is 9.84. The van der Waals surface area contributed by atoms with Crippen molar-refractivity contribution in [2.45, 2.75) is 0 Å². The van der Waals surface area contributed by atoms with Crippen molar-refractivity contribution in [1.82, 2.24) is 0 Å². The molecule has 0 unspecified atom stereocenters. The van der Waals surface area contributed by atoms with Gasteiger partial charge in [0.15, 0.2) is 0 Å². The summed E-state index contributed by atoms with van der Waals surface area (Å²) in [7, 11) is 0. The minimum Gasteiger partial charge on any atom is -0.455 e. The lowest BCUT2D eigenvalue weighted by Crippen LogP contribution is -1.92. The predicted molar refractivity (Wildman–Crippen MR) is 223 cm³/mol. The molecule has 51 heavy (non-hydrogen) atoms. The molecular formula is C48H26OS2. The average Bonchev–Trinajstić information content (AvgIpc) is 3.88. The van der Waals surface area contributed by atoms with Gasteiger partial charge in [-0.3, -0.25) is 0 Å². The molecule has 0 amide bonds. The van der Waals surface area contributed by atoms with E-state index in [2.05, 4.69) is 152 Å². The van der Waals surface area contributed by atoms with Crippen molar-refractivity contribution in [3.8, 4) is 22.3 Å². The van der Waals surface area contributed by atoms with E-state index in [1.165, 1.54) is 89.4 Å². The summed E-state index contributed by atoms with van der Waals surface area (Å²) in [4.78, 5) is 0. The molecule has 0 bridgehead atoms. The summed E-state index contributed by atoms with van der Waals surface area (Å²) in [5, 5.41) is 15.3. The monoisotopic (exact) mass is 682 g/mol. The van der Waals surface area contributed by atoms with E-state index in [4.69, 9.17) is 4.42 Å². The minimum atomic E-state index is 0.918. The first-order valence-electron chi connectivity index (χ1n) is 17.3. The van der Waals surface area contributed by atoms with Gasteiger partial charge in [0.2, 0.25) is 0 Å². The van der Waals surface area contributed by atoms with Crippen LogP contribution in [0, 0.1) is 0 Å². The van der Waals surface area contributed by atoms with Crippen LogP contribution in [-0.4, -0.2) is 0 Å². The van der Waals surface area contributed by atoms with Gasteiger partial charge in [-0.2, -0.15) is 0 Å². The molecule has 12 rings (SSSR count). The van der Waals surface area contributed by atoms with E-state index in [-0.39, 0.29) is 0 Å². The molecule has 9 aromatic carbocycles. The Morgan fingerprint density at radius 2 is 0.902 bits per heavy atom. The summed E-state index contributed by atoms with van der Waals surface area (Å²) in [6.07, 6.45) is 0. The van der Waals surface area contributed by atoms with Gasteiger partial charge in [-0.1, -0.05) is 127 Å². The number of furan rings is 1. The summed E-state index contributed by atoms with van der Waals surface area (Å²) >= 11 is 3.82. The Bertz CT molecular complexity index is 3370. The number of rotatable bonds is 2. The number of hydrogen-bond acceptors (Lipinski definition) is 3. The van der Waals surface area contributed by atoms with E-state index in [1.807, 2.05) is 28.7 Å². The molecule has 12 aromatic rings. The van der Waals surface area contributed by atoms with Gasteiger partial charge in [-0.05, 0) is 62.8 Å². The van der Waals surface area contributed by atoms with Crippen molar-refractivity contribution in [3.05, 3.63) is 158 Å². The smallest absolute Gasteiger partial charge is 0.143 e. The zero-order chi connectivity index (χ0) is 33.2. The van der Waals surface area contributed by atoms with Crippen molar-refractivity contribution in [2.24, 2.45) is 0 Å². The van der Waals surface area contributed by atoms with Crippen molar-refractivity contribution in [2.75, 3.05) is 0 Å². The number of fused-ring (bicyclic) bond motifs is 14. The fourth-order valence-electron chi connectivity index (χ4n) is 8.77. The van der Waals surface area contributed by atoms with Crippen molar-refractivity contribution in [3.63, 3.8) is 0 Å². The molecule has 1 nitrogen and oxygen atoms in total. The summed E-state index contributed by atoms with van der Waals surface area (Å²) in [5.74, 6) is 0. The molecular weight excluding hydrogens is 657 g/mol. The molecule has 0 aliphatic carbocycles. The molecule has 0 spiro atoms. The second kappa shape index (κ2) is 10.3. The normalized spacial score (nSPS) is 12.3. The van der Waals surface area contributed by atoms with Gasteiger partial charge >= 0.3 is 0 Å². The van der Waals surface area contributed by atoms with Crippen molar-refractivity contribution < 1.29 is 4.42 Å². The molecule has 3 heterocycles. The van der Waals surface area contributed by atoms with E-state index in [0.29, 0.717) is 0 Å². The molecule has 0 fully saturated rings. The highest BCUT2D eigenvalue weighted by atomic mass is 32.1. The van der Waals surface area contributed by atoms with Crippen LogP contribution >= 0.6 is 22.7 Å². The Balaban J connectivity index is 1.27. The maximum absolute atomic E-state index is 6.65. The highest BCUT2D eigenvalue weighted by Gasteiger charge is 2.24. The zero-order valence-electron chi connectivity index (χ0n) is 27.2. The van der Waals surface area contributed by atoms with E-state index in [1.54, 1.807) is 0 Å². The van der Waals surface area contributed by atoms with Crippen LogP contribution in [0.2, 0.25) is 0 Å². The molecule has 0 aliphatic rings. The highest BCUT2D eigenvalue weighted by Crippen LogP contribution is 2.52. The van der Waals surface area contributed by atoms with Crippen LogP contribution in [0.25, 0.3) is 117 Å². The first kappa shape index (κ1) is 27.8. The lowest BCUT2D eigenvalue weighted by Gasteiger charge is -2.19. The number of thiophene rings is 2. The fraction of sp³-hybridized carbons (Fsp3) is 0. The summed E-state index contributed by atoms with van der Waals surface area (Å²) < 4.78 is 12.0. The molecule has 0 N–H and O–H groups in total.